The van der Waals surface area contributed by atoms with Crippen LogP contribution in [-0.2, 0) is 14.3 Å². The van der Waals surface area contributed by atoms with Crippen LogP contribution in [0.4, 0.5) is 0 Å². The van der Waals surface area contributed by atoms with Gasteiger partial charge < -0.3 is 29.9 Å². The van der Waals surface area contributed by atoms with Gasteiger partial charge in [-0.1, -0.05) is 70.4 Å². The number of ether oxygens (including phenoxy) is 2. The Bertz CT molecular complexity index is 483. The SMILES string of the molecule is CCCCCCCCC=CCCCCCCCC(=O)OCC1OC(O)C(O)C(O)C1O. The first-order valence-electron chi connectivity index (χ1n) is 12.2. The van der Waals surface area contributed by atoms with Crippen molar-refractivity contribution in [1.82, 2.24) is 0 Å². The highest BCUT2D eigenvalue weighted by molar-refractivity contribution is 5.69. The number of unbranched alkanes of at least 4 members (excludes halogenated alkanes) is 11. The van der Waals surface area contributed by atoms with Crippen LogP contribution in [0.5, 0.6) is 0 Å². The molecule has 0 spiro atoms. The van der Waals surface area contributed by atoms with E-state index in [1.807, 2.05) is 0 Å². The van der Waals surface area contributed by atoms with Crippen molar-refractivity contribution in [2.45, 2.75) is 128 Å². The van der Waals surface area contributed by atoms with Gasteiger partial charge in [0, 0.05) is 6.42 Å². The molecule has 1 saturated heterocycles. The molecule has 1 heterocycles. The van der Waals surface area contributed by atoms with Gasteiger partial charge in [0.15, 0.2) is 6.29 Å². The molecule has 0 bridgehead atoms. The summed E-state index contributed by atoms with van der Waals surface area (Å²) >= 11 is 0. The Morgan fingerprint density at radius 1 is 0.774 bits per heavy atom. The van der Waals surface area contributed by atoms with Gasteiger partial charge in [-0.15, -0.1) is 0 Å². The Morgan fingerprint density at radius 3 is 1.94 bits per heavy atom. The lowest BCUT2D eigenvalue weighted by Gasteiger charge is -2.37. The predicted molar refractivity (Wildman–Crippen MR) is 119 cm³/mol. The Hall–Kier alpha value is -0.990. The van der Waals surface area contributed by atoms with Gasteiger partial charge in [-0.25, -0.2) is 0 Å². The normalized spacial score (nSPS) is 26.4. The zero-order chi connectivity index (χ0) is 22.9. The number of allylic oxidation sites excluding steroid dienone is 2. The van der Waals surface area contributed by atoms with E-state index in [1.54, 1.807) is 0 Å². The molecular formula is C24H44O7. The first kappa shape index (κ1) is 28.0. The van der Waals surface area contributed by atoms with Crippen molar-refractivity contribution in [2.75, 3.05) is 6.61 Å². The summed E-state index contributed by atoms with van der Waals surface area (Å²) in [5, 5.41) is 38.3. The highest BCUT2D eigenvalue weighted by Gasteiger charge is 2.43. The third-order valence-electron chi connectivity index (χ3n) is 5.74. The van der Waals surface area contributed by atoms with Gasteiger partial charge in [0.05, 0.1) is 0 Å². The summed E-state index contributed by atoms with van der Waals surface area (Å²) in [5.41, 5.74) is 0. The second-order valence-electron chi connectivity index (χ2n) is 8.55. The number of hydrogen-bond acceptors (Lipinski definition) is 7. The van der Waals surface area contributed by atoms with E-state index in [4.69, 9.17) is 9.47 Å². The first-order chi connectivity index (χ1) is 15.0. The van der Waals surface area contributed by atoms with Crippen LogP contribution in [0.2, 0.25) is 0 Å². The van der Waals surface area contributed by atoms with Crippen molar-refractivity contribution < 1.29 is 34.7 Å². The van der Waals surface area contributed by atoms with E-state index in [0.29, 0.717) is 0 Å². The van der Waals surface area contributed by atoms with Gasteiger partial charge in [-0.2, -0.15) is 0 Å². The van der Waals surface area contributed by atoms with Crippen LogP contribution in [0.3, 0.4) is 0 Å². The molecular weight excluding hydrogens is 400 g/mol. The molecule has 7 nitrogen and oxygen atoms in total. The van der Waals surface area contributed by atoms with E-state index < -0.39 is 36.7 Å². The number of carbonyl (C=O) groups excluding carboxylic acids is 1. The Kier molecular flexibility index (Phi) is 15.9. The highest BCUT2D eigenvalue weighted by Crippen LogP contribution is 2.20. The summed E-state index contributed by atoms with van der Waals surface area (Å²) < 4.78 is 10.0. The van der Waals surface area contributed by atoms with Crippen molar-refractivity contribution in [2.24, 2.45) is 0 Å². The van der Waals surface area contributed by atoms with Crippen LogP contribution in [-0.4, -0.2) is 63.7 Å². The lowest BCUT2D eigenvalue weighted by molar-refractivity contribution is -0.287. The third kappa shape index (κ3) is 12.6. The molecule has 0 amide bonds. The number of carbonyl (C=O) groups is 1. The summed E-state index contributed by atoms with van der Waals surface area (Å²) in [5.74, 6) is -0.400. The molecule has 7 heteroatoms. The van der Waals surface area contributed by atoms with Crippen LogP contribution in [0, 0.1) is 0 Å². The van der Waals surface area contributed by atoms with Gasteiger partial charge in [0.25, 0.3) is 0 Å². The maximum atomic E-state index is 11.8. The molecule has 0 aromatic carbocycles. The topological polar surface area (TPSA) is 116 Å². The number of aliphatic hydroxyl groups is 4. The van der Waals surface area contributed by atoms with Crippen molar-refractivity contribution in [3.8, 4) is 0 Å². The third-order valence-corrected chi connectivity index (χ3v) is 5.74. The van der Waals surface area contributed by atoms with Gasteiger partial charge in [0.1, 0.15) is 31.0 Å². The van der Waals surface area contributed by atoms with Crippen LogP contribution >= 0.6 is 0 Å². The van der Waals surface area contributed by atoms with E-state index >= 15 is 0 Å². The van der Waals surface area contributed by atoms with E-state index in [1.165, 1.54) is 51.4 Å². The average molecular weight is 445 g/mol. The number of hydrogen-bond donors (Lipinski definition) is 4. The van der Waals surface area contributed by atoms with Gasteiger partial charge in [0.2, 0.25) is 0 Å². The first-order valence-corrected chi connectivity index (χ1v) is 12.2. The van der Waals surface area contributed by atoms with E-state index in [9.17, 15) is 25.2 Å². The standard InChI is InChI=1S/C24H44O7/c1-2-3-4-5-6-7-8-9-10-11-12-13-14-15-16-17-20(25)30-18-19-21(26)22(27)23(28)24(29)31-19/h9-10,19,21-24,26-29H,2-8,11-18H2,1H3. The predicted octanol–water partition coefficient (Wildman–Crippen LogP) is 3.37. The highest BCUT2D eigenvalue weighted by atomic mass is 16.6. The molecule has 1 rings (SSSR count). The van der Waals surface area contributed by atoms with Gasteiger partial charge >= 0.3 is 5.97 Å². The summed E-state index contributed by atoms with van der Waals surface area (Å²) in [6.45, 7) is 1.97. The van der Waals surface area contributed by atoms with Crippen LogP contribution in [0.15, 0.2) is 12.2 Å². The molecule has 0 aliphatic carbocycles. The Labute approximate surface area is 187 Å². The second kappa shape index (κ2) is 17.6. The minimum atomic E-state index is -1.62. The summed E-state index contributed by atoms with van der Waals surface area (Å²) in [7, 11) is 0. The molecule has 4 N–H and O–H groups in total. The molecule has 5 atom stereocenters. The zero-order valence-corrected chi connectivity index (χ0v) is 19.2. The Balaban J connectivity index is 1.93. The van der Waals surface area contributed by atoms with Crippen LogP contribution < -0.4 is 0 Å². The van der Waals surface area contributed by atoms with Crippen molar-refractivity contribution in [3.05, 3.63) is 12.2 Å². The molecule has 0 radical (unpaired) electrons. The molecule has 1 aliphatic rings. The van der Waals surface area contributed by atoms with Crippen molar-refractivity contribution in [3.63, 3.8) is 0 Å². The van der Waals surface area contributed by atoms with E-state index in [0.717, 1.165) is 32.1 Å². The maximum Gasteiger partial charge on any atom is 0.305 e. The molecule has 1 aliphatic heterocycles. The molecule has 182 valence electrons. The van der Waals surface area contributed by atoms with Gasteiger partial charge in [-0.05, 0) is 32.1 Å². The number of rotatable bonds is 17. The fourth-order valence-corrected chi connectivity index (χ4v) is 3.66. The second-order valence-corrected chi connectivity index (χ2v) is 8.55. The van der Waals surface area contributed by atoms with Crippen LogP contribution in [0.1, 0.15) is 96.8 Å². The summed E-state index contributed by atoms with van der Waals surface area (Å²) in [6.07, 6.45) is 13.1. The minimum absolute atomic E-state index is 0.272. The average Bonchev–Trinajstić information content (AvgIpc) is 2.76. The molecule has 0 saturated carbocycles. The maximum absolute atomic E-state index is 11.8. The molecule has 31 heavy (non-hydrogen) atoms. The minimum Gasteiger partial charge on any atom is -0.463 e. The van der Waals surface area contributed by atoms with E-state index in [2.05, 4.69) is 19.1 Å². The summed E-state index contributed by atoms with van der Waals surface area (Å²) in [6, 6.07) is 0. The number of aliphatic hydroxyl groups excluding tert-OH is 4. The lowest BCUT2D eigenvalue weighted by atomic mass is 9.99. The quantitative estimate of drug-likeness (QED) is 0.154. The van der Waals surface area contributed by atoms with Gasteiger partial charge in [-0.3, -0.25) is 4.79 Å². The zero-order valence-electron chi connectivity index (χ0n) is 19.2. The monoisotopic (exact) mass is 444 g/mol. The smallest absolute Gasteiger partial charge is 0.305 e. The molecule has 1 fully saturated rings. The molecule has 5 unspecified atom stereocenters. The fraction of sp³-hybridized carbons (Fsp3) is 0.875. The summed E-state index contributed by atoms with van der Waals surface area (Å²) in [4.78, 5) is 11.8. The lowest BCUT2D eigenvalue weighted by Crippen LogP contribution is -2.58. The Morgan fingerprint density at radius 2 is 1.32 bits per heavy atom. The van der Waals surface area contributed by atoms with Crippen molar-refractivity contribution >= 4 is 5.97 Å². The van der Waals surface area contributed by atoms with Crippen LogP contribution in [0.25, 0.3) is 0 Å². The largest absolute Gasteiger partial charge is 0.463 e. The van der Waals surface area contributed by atoms with E-state index in [-0.39, 0.29) is 13.0 Å². The number of esters is 1. The van der Waals surface area contributed by atoms with Crippen molar-refractivity contribution in [1.29, 1.82) is 0 Å². The molecule has 0 aromatic rings. The molecule has 0 aromatic heterocycles. The fourth-order valence-electron chi connectivity index (χ4n) is 3.66.